The number of hydrogen-bond donors (Lipinski definition) is 0. The quantitative estimate of drug-likeness (QED) is 0.787. The van der Waals surface area contributed by atoms with Crippen LogP contribution in [0, 0.1) is 6.92 Å². The van der Waals surface area contributed by atoms with Crippen LogP contribution < -0.4 is 0 Å². The van der Waals surface area contributed by atoms with Crippen molar-refractivity contribution in [3.63, 3.8) is 0 Å². The molecule has 24 heavy (non-hydrogen) atoms. The lowest BCUT2D eigenvalue weighted by Crippen LogP contribution is -2.44. The summed E-state index contributed by atoms with van der Waals surface area (Å²) in [5, 5.41) is 7.49. The van der Waals surface area contributed by atoms with Gasteiger partial charge in [-0.05, 0) is 13.0 Å². The predicted octanol–water partition coefficient (Wildman–Crippen LogP) is 1.31. The highest BCUT2D eigenvalue weighted by Gasteiger charge is 2.27. The zero-order chi connectivity index (χ0) is 17.1. The molecule has 8 heteroatoms. The Morgan fingerprint density at radius 3 is 3.04 bits per heavy atom. The number of nitrogens with zero attached hydrogens (tertiary/aromatic N) is 5. The van der Waals surface area contributed by atoms with Crippen molar-refractivity contribution in [1.29, 1.82) is 0 Å². The maximum absolute atomic E-state index is 12.0. The minimum Gasteiger partial charge on any atom is -0.373 e. The van der Waals surface area contributed by atoms with Gasteiger partial charge >= 0.3 is 0 Å². The number of ether oxygens (including phenoxy) is 1. The van der Waals surface area contributed by atoms with E-state index in [-0.39, 0.29) is 11.9 Å². The van der Waals surface area contributed by atoms with E-state index in [1.807, 2.05) is 29.2 Å². The maximum atomic E-state index is 12.0. The molecular formula is C16H23N5O2S. The van der Waals surface area contributed by atoms with Crippen LogP contribution in [-0.4, -0.2) is 64.3 Å². The summed E-state index contributed by atoms with van der Waals surface area (Å²) in [7, 11) is 3.57. The van der Waals surface area contributed by atoms with Gasteiger partial charge in [-0.2, -0.15) is 5.10 Å². The molecule has 1 aliphatic rings. The molecule has 0 aromatic carbocycles. The lowest BCUT2D eigenvalue weighted by molar-refractivity contribution is -0.130. The van der Waals surface area contributed by atoms with E-state index >= 15 is 0 Å². The summed E-state index contributed by atoms with van der Waals surface area (Å²) >= 11 is 1.63. The summed E-state index contributed by atoms with van der Waals surface area (Å²) in [4.78, 5) is 20.2. The zero-order valence-corrected chi connectivity index (χ0v) is 15.1. The number of rotatable bonds is 6. The Balaban J connectivity index is 1.60. The molecule has 2 aromatic heterocycles. The van der Waals surface area contributed by atoms with Gasteiger partial charge in [-0.25, -0.2) is 4.98 Å². The molecule has 0 radical (unpaired) electrons. The van der Waals surface area contributed by atoms with E-state index in [2.05, 4.69) is 15.0 Å². The second-order valence-corrected chi connectivity index (χ2v) is 7.31. The number of carbonyl (C=O) groups excluding carboxylic acids is 1. The molecule has 3 heterocycles. The summed E-state index contributed by atoms with van der Waals surface area (Å²) < 4.78 is 7.88. The Morgan fingerprint density at radius 2 is 2.33 bits per heavy atom. The van der Waals surface area contributed by atoms with Crippen molar-refractivity contribution < 1.29 is 9.53 Å². The van der Waals surface area contributed by atoms with E-state index in [9.17, 15) is 4.79 Å². The molecule has 0 fully saturated rings. The number of amides is 1. The van der Waals surface area contributed by atoms with Gasteiger partial charge in [-0.15, -0.1) is 11.3 Å². The van der Waals surface area contributed by atoms with Crippen LogP contribution in [-0.2, 0) is 22.7 Å². The van der Waals surface area contributed by atoms with Gasteiger partial charge in [-0.1, -0.05) is 0 Å². The van der Waals surface area contributed by atoms with E-state index in [0.29, 0.717) is 19.8 Å². The molecule has 0 N–H and O–H groups in total. The van der Waals surface area contributed by atoms with Crippen LogP contribution in [0.1, 0.15) is 22.4 Å². The molecule has 130 valence electrons. The molecular weight excluding hydrogens is 326 g/mol. The van der Waals surface area contributed by atoms with Crippen molar-refractivity contribution in [2.24, 2.45) is 0 Å². The molecule has 1 amide bonds. The topological polar surface area (TPSA) is 63.5 Å². The van der Waals surface area contributed by atoms with Crippen LogP contribution in [0.25, 0.3) is 0 Å². The lowest BCUT2D eigenvalue weighted by atomic mass is 10.2. The van der Waals surface area contributed by atoms with Crippen LogP contribution >= 0.6 is 11.3 Å². The average molecular weight is 349 g/mol. The summed E-state index contributed by atoms with van der Waals surface area (Å²) in [5.74, 6) is 0.112. The van der Waals surface area contributed by atoms with Gasteiger partial charge in [0, 0.05) is 38.8 Å². The molecule has 0 aliphatic carbocycles. The molecule has 1 aliphatic heterocycles. The fourth-order valence-electron chi connectivity index (χ4n) is 2.82. The van der Waals surface area contributed by atoms with E-state index in [1.54, 1.807) is 30.3 Å². The molecule has 0 saturated heterocycles. The summed E-state index contributed by atoms with van der Waals surface area (Å²) in [6.45, 7) is 4.96. The molecule has 0 spiro atoms. The highest BCUT2D eigenvalue weighted by Crippen LogP contribution is 2.21. The van der Waals surface area contributed by atoms with Gasteiger partial charge in [0.05, 0.1) is 42.2 Å². The predicted molar refractivity (Wildman–Crippen MR) is 91.7 cm³/mol. The van der Waals surface area contributed by atoms with Crippen LogP contribution in [0.2, 0.25) is 0 Å². The van der Waals surface area contributed by atoms with Gasteiger partial charge in [-0.3, -0.25) is 14.4 Å². The Kier molecular flexibility index (Phi) is 5.27. The first kappa shape index (κ1) is 17.1. The zero-order valence-electron chi connectivity index (χ0n) is 14.3. The van der Waals surface area contributed by atoms with Crippen LogP contribution in [0.4, 0.5) is 0 Å². The van der Waals surface area contributed by atoms with E-state index in [0.717, 1.165) is 29.5 Å². The molecule has 1 unspecified atom stereocenters. The minimum atomic E-state index is 0.110. The van der Waals surface area contributed by atoms with Crippen molar-refractivity contribution in [3.05, 3.63) is 34.0 Å². The van der Waals surface area contributed by atoms with E-state index in [1.165, 1.54) is 0 Å². The largest absolute Gasteiger partial charge is 0.373 e. The van der Waals surface area contributed by atoms with Crippen LogP contribution in [0.3, 0.4) is 0 Å². The van der Waals surface area contributed by atoms with Gasteiger partial charge in [0.1, 0.15) is 0 Å². The second kappa shape index (κ2) is 7.42. The molecule has 2 aromatic rings. The number of thiazole rings is 1. The van der Waals surface area contributed by atoms with Crippen molar-refractivity contribution in [2.45, 2.75) is 26.1 Å². The average Bonchev–Trinajstić information content (AvgIpc) is 3.16. The molecule has 3 rings (SSSR count). The smallest absolute Gasteiger partial charge is 0.236 e. The summed E-state index contributed by atoms with van der Waals surface area (Å²) in [6, 6.07) is 2.11. The number of fused-ring (bicyclic) bond motifs is 1. The number of likely N-dealkylation sites (N-methyl/N-ethyl adjacent to an activating group) is 1. The Hall–Kier alpha value is -1.77. The Morgan fingerprint density at radius 1 is 1.50 bits per heavy atom. The van der Waals surface area contributed by atoms with Crippen molar-refractivity contribution in [3.8, 4) is 0 Å². The molecule has 0 bridgehead atoms. The first-order valence-corrected chi connectivity index (χ1v) is 8.84. The van der Waals surface area contributed by atoms with Crippen LogP contribution in [0.5, 0.6) is 0 Å². The van der Waals surface area contributed by atoms with Crippen molar-refractivity contribution >= 4 is 17.2 Å². The second-order valence-electron chi connectivity index (χ2n) is 6.25. The minimum absolute atomic E-state index is 0.110. The monoisotopic (exact) mass is 349 g/mol. The number of aryl methyl sites for hydroxylation is 1. The van der Waals surface area contributed by atoms with E-state index in [4.69, 9.17) is 4.74 Å². The molecule has 1 atom stereocenters. The third-order valence-electron chi connectivity index (χ3n) is 4.04. The maximum Gasteiger partial charge on any atom is 0.236 e. The number of carbonyl (C=O) groups is 1. The van der Waals surface area contributed by atoms with Gasteiger partial charge in [0.15, 0.2) is 0 Å². The third-order valence-corrected chi connectivity index (χ3v) is 4.86. The van der Waals surface area contributed by atoms with Gasteiger partial charge in [0.2, 0.25) is 5.91 Å². The number of hydrogen-bond acceptors (Lipinski definition) is 6. The Labute approximate surface area is 145 Å². The van der Waals surface area contributed by atoms with Crippen molar-refractivity contribution in [2.75, 3.05) is 33.8 Å². The summed E-state index contributed by atoms with van der Waals surface area (Å²) in [5.41, 5.74) is 2.08. The normalized spacial score (nSPS) is 17.7. The Bertz CT molecular complexity index is 696. The standard InChI is InChI=1S/C16H23N5O2S/c1-12-18-13(11-24-12)9-23-10-15-7-20(8-16(22)19(2)3)6-14-4-5-17-21(14)15/h4-5,11,15H,6-10H2,1-3H3. The molecule has 0 saturated carbocycles. The first-order chi connectivity index (χ1) is 11.5. The lowest BCUT2D eigenvalue weighted by Gasteiger charge is -2.33. The summed E-state index contributed by atoms with van der Waals surface area (Å²) in [6.07, 6.45) is 1.81. The van der Waals surface area contributed by atoms with Crippen molar-refractivity contribution in [1.82, 2.24) is 24.6 Å². The highest BCUT2D eigenvalue weighted by atomic mass is 32.1. The highest BCUT2D eigenvalue weighted by molar-refractivity contribution is 7.09. The fraction of sp³-hybridized carbons (Fsp3) is 0.562. The van der Waals surface area contributed by atoms with Gasteiger partial charge < -0.3 is 9.64 Å². The number of aromatic nitrogens is 3. The SMILES string of the molecule is Cc1nc(COCC2CN(CC(=O)N(C)C)Cc3ccnn32)cs1. The van der Waals surface area contributed by atoms with Gasteiger partial charge in [0.25, 0.3) is 0 Å². The van der Waals surface area contributed by atoms with Crippen LogP contribution in [0.15, 0.2) is 17.6 Å². The fourth-order valence-corrected chi connectivity index (χ4v) is 3.41. The third kappa shape index (κ3) is 4.00. The van der Waals surface area contributed by atoms with E-state index < -0.39 is 0 Å². The molecule has 7 nitrogen and oxygen atoms in total. The first-order valence-electron chi connectivity index (χ1n) is 7.96.